The maximum Gasteiger partial charge on any atom is 0.126 e. The molecule has 3 heteroatoms. The number of aryl methyl sites for hydroxylation is 2. The number of anilines is 1. The molecular weight excluding hydrogens is 285 g/mol. The Bertz CT molecular complexity index is 641. The molecule has 1 heterocycles. The van der Waals surface area contributed by atoms with Gasteiger partial charge in [0.2, 0.25) is 0 Å². The van der Waals surface area contributed by atoms with Crippen LogP contribution in [0, 0.1) is 12.7 Å². The van der Waals surface area contributed by atoms with E-state index in [0.717, 1.165) is 31.5 Å². The van der Waals surface area contributed by atoms with Crippen LogP contribution in [0.1, 0.15) is 28.5 Å². The highest BCUT2D eigenvalue weighted by atomic mass is 35.5. The molecule has 1 unspecified atom stereocenters. The van der Waals surface area contributed by atoms with E-state index in [4.69, 9.17) is 11.6 Å². The lowest BCUT2D eigenvalue weighted by Gasteiger charge is -2.32. The van der Waals surface area contributed by atoms with Crippen molar-refractivity contribution in [2.75, 3.05) is 18.0 Å². The Morgan fingerprint density at radius 2 is 2.05 bits per heavy atom. The van der Waals surface area contributed by atoms with E-state index >= 15 is 0 Å². The van der Waals surface area contributed by atoms with E-state index in [1.807, 2.05) is 6.07 Å². The molecule has 3 rings (SSSR count). The Balaban J connectivity index is 1.79. The van der Waals surface area contributed by atoms with Crippen molar-refractivity contribution in [3.05, 3.63) is 65.0 Å². The summed E-state index contributed by atoms with van der Waals surface area (Å²) >= 11 is 6.57. The van der Waals surface area contributed by atoms with Crippen LogP contribution in [-0.4, -0.2) is 13.1 Å². The second-order valence-corrected chi connectivity index (χ2v) is 6.18. The number of alkyl halides is 1. The van der Waals surface area contributed by atoms with Crippen LogP contribution in [0.4, 0.5) is 10.1 Å². The topological polar surface area (TPSA) is 3.24 Å². The summed E-state index contributed by atoms with van der Waals surface area (Å²) in [6.45, 7) is 3.56. The third-order valence-electron chi connectivity index (χ3n) is 4.13. The van der Waals surface area contributed by atoms with Crippen molar-refractivity contribution in [2.45, 2.75) is 25.1 Å². The molecule has 0 N–H and O–H groups in total. The number of rotatable bonds is 3. The van der Waals surface area contributed by atoms with Gasteiger partial charge < -0.3 is 4.90 Å². The van der Waals surface area contributed by atoms with Gasteiger partial charge in [0.05, 0.1) is 5.38 Å². The molecule has 1 nitrogen and oxygen atoms in total. The molecule has 2 aromatic carbocycles. The molecule has 0 amide bonds. The summed E-state index contributed by atoms with van der Waals surface area (Å²) in [5.41, 5.74) is 4.31. The van der Waals surface area contributed by atoms with Gasteiger partial charge in [-0.3, -0.25) is 0 Å². The molecule has 0 bridgehead atoms. The van der Waals surface area contributed by atoms with Gasteiger partial charge in [0.15, 0.2) is 0 Å². The van der Waals surface area contributed by atoms with Gasteiger partial charge in [0.25, 0.3) is 0 Å². The van der Waals surface area contributed by atoms with Crippen molar-refractivity contribution in [3.63, 3.8) is 0 Å². The molecule has 0 fully saturated rings. The van der Waals surface area contributed by atoms with E-state index in [9.17, 15) is 4.39 Å². The van der Waals surface area contributed by atoms with Crippen molar-refractivity contribution >= 4 is 17.3 Å². The number of halogens is 2. The highest BCUT2D eigenvalue weighted by Crippen LogP contribution is 2.31. The quantitative estimate of drug-likeness (QED) is 0.731. The van der Waals surface area contributed by atoms with Crippen LogP contribution < -0.4 is 4.90 Å². The number of hydrogen-bond acceptors (Lipinski definition) is 1. The van der Waals surface area contributed by atoms with E-state index < -0.39 is 0 Å². The number of nitrogens with zero attached hydrogens (tertiary/aromatic N) is 1. The first kappa shape index (κ1) is 14.4. The van der Waals surface area contributed by atoms with Crippen molar-refractivity contribution in [1.29, 1.82) is 0 Å². The van der Waals surface area contributed by atoms with Crippen molar-refractivity contribution < 1.29 is 4.39 Å². The summed E-state index contributed by atoms with van der Waals surface area (Å²) in [7, 11) is 0. The Morgan fingerprint density at radius 3 is 2.86 bits per heavy atom. The van der Waals surface area contributed by atoms with E-state index in [1.54, 1.807) is 13.0 Å². The van der Waals surface area contributed by atoms with Crippen LogP contribution in [0.15, 0.2) is 42.5 Å². The molecule has 1 aliphatic heterocycles. The van der Waals surface area contributed by atoms with Crippen LogP contribution in [-0.2, 0) is 6.42 Å². The van der Waals surface area contributed by atoms with Gasteiger partial charge in [-0.25, -0.2) is 4.39 Å². The molecule has 0 saturated carbocycles. The third-order valence-corrected chi connectivity index (χ3v) is 4.52. The Kier molecular flexibility index (Phi) is 4.16. The first-order chi connectivity index (χ1) is 10.1. The van der Waals surface area contributed by atoms with Crippen LogP contribution in [0.3, 0.4) is 0 Å². The van der Waals surface area contributed by atoms with E-state index in [2.05, 4.69) is 29.2 Å². The maximum absolute atomic E-state index is 13.4. The summed E-state index contributed by atoms with van der Waals surface area (Å²) in [6, 6.07) is 13.6. The fraction of sp³-hybridized carbons (Fsp3) is 0.333. The molecule has 110 valence electrons. The molecule has 0 spiro atoms. The van der Waals surface area contributed by atoms with Crippen LogP contribution >= 0.6 is 11.6 Å². The average molecular weight is 304 g/mol. The SMILES string of the molecule is Cc1cc(C(Cl)CN2CCCc3ccccc32)ccc1F. The van der Waals surface area contributed by atoms with Gasteiger partial charge >= 0.3 is 0 Å². The predicted molar refractivity (Wildman–Crippen MR) is 86.7 cm³/mol. The Hall–Kier alpha value is -1.54. The second kappa shape index (κ2) is 6.07. The summed E-state index contributed by atoms with van der Waals surface area (Å²) in [5.74, 6) is -0.175. The number of hydrogen-bond donors (Lipinski definition) is 0. The van der Waals surface area contributed by atoms with Gasteiger partial charge in [-0.1, -0.05) is 30.3 Å². The maximum atomic E-state index is 13.4. The summed E-state index contributed by atoms with van der Waals surface area (Å²) in [5, 5.41) is -0.129. The van der Waals surface area contributed by atoms with Crippen LogP contribution in [0.5, 0.6) is 0 Å². The zero-order valence-electron chi connectivity index (χ0n) is 12.2. The Morgan fingerprint density at radius 1 is 1.24 bits per heavy atom. The molecule has 1 atom stereocenters. The van der Waals surface area contributed by atoms with Crippen LogP contribution in [0.2, 0.25) is 0 Å². The summed E-state index contributed by atoms with van der Waals surface area (Å²) in [4.78, 5) is 2.34. The smallest absolute Gasteiger partial charge is 0.126 e. The molecule has 21 heavy (non-hydrogen) atoms. The number of fused-ring (bicyclic) bond motifs is 1. The standard InChI is InChI=1S/C18H19ClFN/c1-13-11-15(8-9-17(13)20)16(19)12-21-10-4-6-14-5-2-3-7-18(14)21/h2-3,5,7-9,11,16H,4,6,10,12H2,1H3. The second-order valence-electron chi connectivity index (χ2n) is 5.65. The summed E-state index contributed by atoms with van der Waals surface area (Å²) in [6.07, 6.45) is 2.29. The number of benzene rings is 2. The number of para-hydroxylation sites is 1. The van der Waals surface area contributed by atoms with E-state index in [1.165, 1.54) is 17.3 Å². The molecule has 1 aliphatic rings. The van der Waals surface area contributed by atoms with Gasteiger partial charge in [0, 0.05) is 18.8 Å². The molecule has 0 radical (unpaired) electrons. The minimum atomic E-state index is -0.175. The van der Waals surface area contributed by atoms with Gasteiger partial charge in [0.1, 0.15) is 5.82 Å². The first-order valence-corrected chi connectivity index (χ1v) is 7.82. The monoisotopic (exact) mass is 303 g/mol. The highest BCUT2D eigenvalue weighted by Gasteiger charge is 2.20. The average Bonchev–Trinajstić information content (AvgIpc) is 2.50. The minimum Gasteiger partial charge on any atom is -0.369 e. The van der Waals surface area contributed by atoms with Gasteiger partial charge in [-0.2, -0.15) is 0 Å². The van der Waals surface area contributed by atoms with E-state index in [-0.39, 0.29) is 11.2 Å². The molecule has 0 saturated heterocycles. The fourth-order valence-corrected chi connectivity index (χ4v) is 3.27. The highest BCUT2D eigenvalue weighted by molar-refractivity contribution is 6.21. The first-order valence-electron chi connectivity index (χ1n) is 7.38. The predicted octanol–water partition coefficient (Wildman–Crippen LogP) is 4.87. The largest absolute Gasteiger partial charge is 0.369 e. The van der Waals surface area contributed by atoms with Crippen molar-refractivity contribution in [1.82, 2.24) is 0 Å². The lowest BCUT2D eigenvalue weighted by molar-refractivity contribution is 0.616. The molecule has 2 aromatic rings. The van der Waals surface area contributed by atoms with E-state index in [0.29, 0.717) is 5.56 Å². The van der Waals surface area contributed by atoms with Crippen molar-refractivity contribution in [2.24, 2.45) is 0 Å². The van der Waals surface area contributed by atoms with Crippen LogP contribution in [0.25, 0.3) is 0 Å². The normalized spacial score (nSPS) is 15.7. The Labute approximate surface area is 130 Å². The minimum absolute atomic E-state index is 0.129. The zero-order valence-corrected chi connectivity index (χ0v) is 12.9. The third kappa shape index (κ3) is 3.06. The zero-order chi connectivity index (χ0) is 14.8. The molecular formula is C18H19ClFN. The van der Waals surface area contributed by atoms with Gasteiger partial charge in [-0.15, -0.1) is 11.6 Å². The fourth-order valence-electron chi connectivity index (χ4n) is 2.96. The lowest BCUT2D eigenvalue weighted by Crippen LogP contribution is -2.32. The molecule has 0 aliphatic carbocycles. The molecule has 0 aromatic heterocycles. The lowest BCUT2D eigenvalue weighted by atomic mass is 10.0. The van der Waals surface area contributed by atoms with Crippen molar-refractivity contribution in [3.8, 4) is 0 Å². The summed E-state index contributed by atoms with van der Waals surface area (Å²) < 4.78 is 13.4. The van der Waals surface area contributed by atoms with Gasteiger partial charge in [-0.05, 0) is 48.6 Å².